The second-order valence-electron chi connectivity index (χ2n) is 5.15. The van der Waals surface area contributed by atoms with E-state index < -0.39 is 18.1 Å². The number of ether oxygens (including phenoxy) is 2. The zero-order valence-corrected chi connectivity index (χ0v) is 12.8. The van der Waals surface area contributed by atoms with E-state index in [-0.39, 0.29) is 13.2 Å². The Balaban J connectivity index is 3.47. The molecule has 0 aliphatic carbocycles. The number of hydrogen-bond acceptors (Lipinski definition) is 3. The first-order valence-corrected chi connectivity index (χ1v) is 7.35. The zero-order valence-electron chi connectivity index (χ0n) is 12.8. The van der Waals surface area contributed by atoms with E-state index in [1.54, 1.807) is 13.8 Å². The molecule has 0 saturated heterocycles. The molecule has 0 aromatic carbocycles. The summed E-state index contributed by atoms with van der Waals surface area (Å²) in [4.78, 5) is 0. The molecule has 20 heavy (non-hydrogen) atoms. The van der Waals surface area contributed by atoms with Gasteiger partial charge >= 0.3 is 6.18 Å². The lowest BCUT2D eigenvalue weighted by molar-refractivity contribution is -0.165. The zero-order chi connectivity index (χ0) is 15.4. The number of alkyl halides is 3. The fourth-order valence-electron chi connectivity index (χ4n) is 1.79. The smallest absolute Gasteiger partial charge is 0.379 e. The van der Waals surface area contributed by atoms with Crippen LogP contribution in [0.2, 0.25) is 0 Å². The molecule has 1 unspecified atom stereocenters. The summed E-state index contributed by atoms with van der Waals surface area (Å²) in [5.74, 6) is -0.489. The molecule has 0 bridgehead atoms. The number of unbranched alkanes of at least 4 members (excludes halogenated alkanes) is 2. The Bertz CT molecular complexity index is 223. The van der Waals surface area contributed by atoms with E-state index in [0.717, 1.165) is 25.9 Å². The molecule has 1 atom stereocenters. The van der Waals surface area contributed by atoms with E-state index >= 15 is 0 Å². The first-order chi connectivity index (χ1) is 9.39. The van der Waals surface area contributed by atoms with Crippen molar-refractivity contribution in [2.24, 2.45) is 5.92 Å². The van der Waals surface area contributed by atoms with Gasteiger partial charge in [0, 0.05) is 13.2 Å². The molecule has 0 radical (unpaired) electrons. The minimum Gasteiger partial charge on any atom is -0.379 e. The van der Waals surface area contributed by atoms with Crippen LogP contribution in [-0.4, -0.2) is 45.2 Å². The molecule has 0 saturated carbocycles. The Labute approximate surface area is 120 Å². The standard InChI is InChI=1S/C14H28F3NO2/c1-4-5-6-8-19-10-11-20-9-7-18-13(12(2)3)14(15,16)17/h12-13,18H,4-11H2,1-3H3. The number of rotatable bonds is 12. The van der Waals surface area contributed by atoms with Gasteiger partial charge in [-0.05, 0) is 12.3 Å². The maximum atomic E-state index is 12.6. The van der Waals surface area contributed by atoms with Crippen LogP contribution >= 0.6 is 0 Å². The Morgan fingerprint density at radius 3 is 2.05 bits per heavy atom. The van der Waals surface area contributed by atoms with Crippen molar-refractivity contribution in [3.05, 3.63) is 0 Å². The summed E-state index contributed by atoms with van der Waals surface area (Å²) in [6.45, 7) is 7.32. The fraction of sp³-hybridized carbons (Fsp3) is 1.00. The van der Waals surface area contributed by atoms with Gasteiger partial charge in [0.05, 0.1) is 19.8 Å². The lowest BCUT2D eigenvalue weighted by Crippen LogP contribution is -2.47. The molecular formula is C14H28F3NO2. The minimum absolute atomic E-state index is 0.193. The van der Waals surface area contributed by atoms with Crippen molar-refractivity contribution in [2.75, 3.05) is 33.0 Å². The van der Waals surface area contributed by atoms with Gasteiger partial charge in [0.15, 0.2) is 0 Å². The highest BCUT2D eigenvalue weighted by molar-refractivity contribution is 4.77. The number of hydrogen-bond donors (Lipinski definition) is 1. The van der Waals surface area contributed by atoms with Crippen molar-refractivity contribution >= 4 is 0 Å². The van der Waals surface area contributed by atoms with Crippen molar-refractivity contribution in [2.45, 2.75) is 52.3 Å². The van der Waals surface area contributed by atoms with Crippen LogP contribution in [-0.2, 0) is 9.47 Å². The van der Waals surface area contributed by atoms with Crippen molar-refractivity contribution in [3.8, 4) is 0 Å². The lowest BCUT2D eigenvalue weighted by atomic mass is 10.0. The molecule has 1 N–H and O–H groups in total. The van der Waals surface area contributed by atoms with E-state index in [4.69, 9.17) is 9.47 Å². The Hall–Kier alpha value is -0.330. The summed E-state index contributed by atoms with van der Waals surface area (Å²) < 4.78 is 48.4. The predicted molar refractivity (Wildman–Crippen MR) is 73.8 cm³/mol. The normalized spacial score (nSPS) is 13.9. The van der Waals surface area contributed by atoms with Gasteiger partial charge in [-0.3, -0.25) is 0 Å². The topological polar surface area (TPSA) is 30.5 Å². The Morgan fingerprint density at radius 1 is 0.950 bits per heavy atom. The molecule has 0 amide bonds. The monoisotopic (exact) mass is 299 g/mol. The summed E-state index contributed by atoms with van der Waals surface area (Å²) in [7, 11) is 0. The summed E-state index contributed by atoms with van der Waals surface area (Å²) in [6, 6.07) is -1.48. The van der Waals surface area contributed by atoms with E-state index in [9.17, 15) is 13.2 Å². The number of nitrogens with one attached hydrogen (secondary N) is 1. The van der Waals surface area contributed by atoms with Crippen LogP contribution in [0.1, 0.15) is 40.0 Å². The molecule has 0 spiro atoms. The third-order valence-electron chi connectivity index (χ3n) is 2.89. The molecule has 0 fully saturated rings. The third-order valence-corrected chi connectivity index (χ3v) is 2.89. The van der Waals surface area contributed by atoms with Crippen molar-refractivity contribution in [1.82, 2.24) is 5.32 Å². The average molecular weight is 299 g/mol. The van der Waals surface area contributed by atoms with Gasteiger partial charge in [0.2, 0.25) is 0 Å². The van der Waals surface area contributed by atoms with Crippen molar-refractivity contribution < 1.29 is 22.6 Å². The average Bonchev–Trinajstić information content (AvgIpc) is 2.34. The van der Waals surface area contributed by atoms with Crippen molar-refractivity contribution in [1.29, 1.82) is 0 Å². The van der Waals surface area contributed by atoms with Crippen LogP contribution < -0.4 is 5.32 Å². The minimum atomic E-state index is -4.21. The van der Waals surface area contributed by atoms with E-state index in [2.05, 4.69) is 12.2 Å². The first-order valence-electron chi connectivity index (χ1n) is 7.35. The molecule has 122 valence electrons. The molecule has 0 rings (SSSR count). The maximum absolute atomic E-state index is 12.6. The second kappa shape index (κ2) is 11.3. The quantitative estimate of drug-likeness (QED) is 0.560. The van der Waals surface area contributed by atoms with E-state index in [0.29, 0.717) is 13.2 Å². The molecular weight excluding hydrogens is 271 g/mol. The van der Waals surface area contributed by atoms with Crippen LogP contribution in [0.15, 0.2) is 0 Å². The van der Waals surface area contributed by atoms with Crippen LogP contribution in [0.4, 0.5) is 13.2 Å². The number of halogens is 3. The van der Waals surface area contributed by atoms with E-state index in [1.165, 1.54) is 0 Å². The highest BCUT2D eigenvalue weighted by Gasteiger charge is 2.40. The van der Waals surface area contributed by atoms with Crippen LogP contribution in [0.3, 0.4) is 0 Å². The summed E-state index contributed by atoms with van der Waals surface area (Å²) in [5, 5.41) is 2.49. The first kappa shape index (κ1) is 19.7. The summed E-state index contributed by atoms with van der Waals surface area (Å²) in [5.41, 5.74) is 0. The van der Waals surface area contributed by atoms with Gasteiger partial charge in [-0.2, -0.15) is 13.2 Å². The second-order valence-corrected chi connectivity index (χ2v) is 5.15. The molecule has 0 aromatic rings. The summed E-state index contributed by atoms with van der Waals surface area (Å²) >= 11 is 0. The van der Waals surface area contributed by atoms with Crippen LogP contribution in [0.5, 0.6) is 0 Å². The highest BCUT2D eigenvalue weighted by Crippen LogP contribution is 2.25. The van der Waals surface area contributed by atoms with Gasteiger partial charge in [-0.1, -0.05) is 33.6 Å². The van der Waals surface area contributed by atoms with Gasteiger partial charge in [0.1, 0.15) is 6.04 Å². The lowest BCUT2D eigenvalue weighted by Gasteiger charge is -2.24. The molecule has 0 aromatic heterocycles. The molecule has 0 heterocycles. The molecule has 0 aliphatic rings. The van der Waals surface area contributed by atoms with Crippen LogP contribution in [0.25, 0.3) is 0 Å². The summed E-state index contributed by atoms with van der Waals surface area (Å²) in [6.07, 6.45) is -0.864. The largest absolute Gasteiger partial charge is 0.404 e. The highest BCUT2D eigenvalue weighted by atomic mass is 19.4. The molecule has 3 nitrogen and oxygen atoms in total. The predicted octanol–water partition coefficient (Wildman–Crippen LogP) is 3.39. The van der Waals surface area contributed by atoms with E-state index in [1.807, 2.05) is 0 Å². The fourth-order valence-corrected chi connectivity index (χ4v) is 1.79. The van der Waals surface area contributed by atoms with Crippen LogP contribution in [0, 0.1) is 5.92 Å². The van der Waals surface area contributed by atoms with Crippen molar-refractivity contribution in [3.63, 3.8) is 0 Å². The SMILES string of the molecule is CCCCCOCCOCCNC(C(C)C)C(F)(F)F. The third kappa shape index (κ3) is 10.5. The molecule has 0 aliphatic heterocycles. The van der Waals surface area contributed by atoms with Gasteiger partial charge in [-0.25, -0.2) is 0 Å². The Kier molecular flexibility index (Phi) is 11.2. The Morgan fingerprint density at radius 2 is 1.55 bits per heavy atom. The maximum Gasteiger partial charge on any atom is 0.404 e. The van der Waals surface area contributed by atoms with Gasteiger partial charge in [0.25, 0.3) is 0 Å². The van der Waals surface area contributed by atoms with Gasteiger partial charge < -0.3 is 14.8 Å². The molecule has 6 heteroatoms. The van der Waals surface area contributed by atoms with Gasteiger partial charge in [-0.15, -0.1) is 0 Å².